The Kier molecular flexibility index (Phi) is 5.14. The summed E-state index contributed by atoms with van der Waals surface area (Å²) < 4.78 is 0. The number of nitrogens with one attached hydrogen (secondary N) is 1. The zero-order valence-electron chi connectivity index (χ0n) is 11.7. The molecule has 1 atom stereocenters. The smallest absolute Gasteiger partial charge is 0.270 e. The predicted molar refractivity (Wildman–Crippen MR) is 77.1 cm³/mol. The van der Waals surface area contributed by atoms with Crippen molar-refractivity contribution >= 4 is 5.91 Å². The molecule has 1 aromatic heterocycles. The average Bonchev–Trinajstić information content (AvgIpc) is 2.37. The third-order valence-electron chi connectivity index (χ3n) is 3.68. The lowest BCUT2D eigenvalue weighted by Crippen LogP contribution is -2.40. The summed E-state index contributed by atoms with van der Waals surface area (Å²) in [6, 6.07) is 3.67. The van der Waals surface area contributed by atoms with Crippen LogP contribution in [0.3, 0.4) is 0 Å². The van der Waals surface area contributed by atoms with Crippen molar-refractivity contribution in [3.05, 3.63) is 29.6 Å². The highest BCUT2D eigenvalue weighted by molar-refractivity contribution is 5.92. The largest absolute Gasteiger partial charge is 0.395 e. The van der Waals surface area contributed by atoms with Gasteiger partial charge in [-0.25, -0.2) is 4.98 Å². The maximum absolute atomic E-state index is 12.0. The Morgan fingerprint density at radius 1 is 1.55 bits per heavy atom. The molecule has 1 fully saturated rings. The molecule has 2 N–H and O–H groups in total. The van der Waals surface area contributed by atoms with Gasteiger partial charge in [-0.2, -0.15) is 0 Å². The number of carbonyl (C=O) groups excluding carboxylic acids is 1. The van der Waals surface area contributed by atoms with Crippen molar-refractivity contribution in [1.29, 1.82) is 0 Å². The SMILES string of the molecule is CC(NC(=O)c1ccc(C#CCCO)cn1)C1CCC1. The van der Waals surface area contributed by atoms with Crippen molar-refractivity contribution < 1.29 is 9.90 Å². The van der Waals surface area contributed by atoms with Crippen LogP contribution in [-0.2, 0) is 0 Å². The van der Waals surface area contributed by atoms with Crippen LogP contribution in [-0.4, -0.2) is 28.6 Å². The van der Waals surface area contributed by atoms with Gasteiger partial charge in [-0.3, -0.25) is 4.79 Å². The first-order valence-electron chi connectivity index (χ1n) is 7.07. The molecule has 1 aliphatic carbocycles. The number of nitrogens with zero attached hydrogens (tertiary/aromatic N) is 1. The number of aliphatic hydroxyl groups is 1. The summed E-state index contributed by atoms with van der Waals surface area (Å²) in [6.07, 6.45) is 5.71. The molecular formula is C16H20N2O2. The lowest BCUT2D eigenvalue weighted by atomic mass is 9.80. The minimum absolute atomic E-state index is 0.0555. The molecule has 1 heterocycles. The molecule has 0 spiro atoms. The van der Waals surface area contributed by atoms with E-state index in [1.54, 1.807) is 18.3 Å². The molecule has 0 bridgehead atoms. The number of hydrogen-bond donors (Lipinski definition) is 2. The van der Waals surface area contributed by atoms with Crippen LogP contribution in [0.2, 0.25) is 0 Å². The van der Waals surface area contributed by atoms with E-state index in [1.807, 2.05) is 0 Å². The molecule has 20 heavy (non-hydrogen) atoms. The van der Waals surface area contributed by atoms with E-state index in [4.69, 9.17) is 5.11 Å². The maximum Gasteiger partial charge on any atom is 0.270 e. The van der Waals surface area contributed by atoms with E-state index in [0.29, 0.717) is 18.0 Å². The molecule has 1 saturated carbocycles. The molecule has 4 heteroatoms. The Labute approximate surface area is 119 Å². The van der Waals surface area contributed by atoms with Crippen LogP contribution >= 0.6 is 0 Å². The summed E-state index contributed by atoms with van der Waals surface area (Å²) >= 11 is 0. The number of pyridine rings is 1. The second kappa shape index (κ2) is 7.06. The Hall–Kier alpha value is -1.86. The molecule has 1 amide bonds. The summed E-state index contributed by atoms with van der Waals surface area (Å²) in [5.41, 5.74) is 1.17. The van der Waals surface area contributed by atoms with Gasteiger partial charge in [0.15, 0.2) is 0 Å². The van der Waals surface area contributed by atoms with Gasteiger partial charge in [0.05, 0.1) is 6.61 Å². The maximum atomic E-state index is 12.0. The topological polar surface area (TPSA) is 62.2 Å². The van der Waals surface area contributed by atoms with Gasteiger partial charge >= 0.3 is 0 Å². The van der Waals surface area contributed by atoms with Crippen molar-refractivity contribution in [1.82, 2.24) is 10.3 Å². The third-order valence-corrected chi connectivity index (χ3v) is 3.68. The van der Waals surface area contributed by atoms with Gasteiger partial charge in [-0.1, -0.05) is 18.3 Å². The van der Waals surface area contributed by atoms with Crippen molar-refractivity contribution in [2.75, 3.05) is 6.61 Å². The molecular weight excluding hydrogens is 252 g/mol. The summed E-state index contributed by atoms with van der Waals surface area (Å²) in [7, 11) is 0. The Bertz CT molecular complexity index is 510. The molecule has 1 aromatic rings. The first-order valence-corrected chi connectivity index (χ1v) is 7.07. The number of carbonyl (C=O) groups is 1. The van der Waals surface area contributed by atoms with Gasteiger partial charge in [-0.05, 0) is 37.8 Å². The fourth-order valence-electron chi connectivity index (χ4n) is 2.16. The van der Waals surface area contributed by atoms with Crippen molar-refractivity contribution in [2.24, 2.45) is 5.92 Å². The molecule has 0 radical (unpaired) electrons. The van der Waals surface area contributed by atoms with Gasteiger partial charge in [0.1, 0.15) is 5.69 Å². The summed E-state index contributed by atoms with van der Waals surface area (Å²) in [4.78, 5) is 16.2. The highest BCUT2D eigenvalue weighted by Gasteiger charge is 2.25. The first-order chi connectivity index (χ1) is 9.70. The number of hydrogen-bond acceptors (Lipinski definition) is 3. The summed E-state index contributed by atoms with van der Waals surface area (Å²) in [5.74, 6) is 6.19. The predicted octanol–water partition coefficient (Wildman–Crippen LogP) is 1.73. The molecule has 1 aliphatic rings. The molecule has 0 aliphatic heterocycles. The van der Waals surface area contributed by atoms with Crippen LogP contribution in [0.1, 0.15) is 48.7 Å². The van der Waals surface area contributed by atoms with Crippen molar-refractivity contribution in [2.45, 2.75) is 38.6 Å². The van der Waals surface area contributed by atoms with E-state index < -0.39 is 0 Å². The lowest BCUT2D eigenvalue weighted by Gasteiger charge is -2.31. The molecule has 1 unspecified atom stereocenters. The molecule has 0 aromatic carbocycles. The van der Waals surface area contributed by atoms with Crippen LogP contribution in [0.15, 0.2) is 18.3 Å². The third kappa shape index (κ3) is 3.82. The van der Waals surface area contributed by atoms with Gasteiger partial charge in [-0.15, -0.1) is 0 Å². The lowest BCUT2D eigenvalue weighted by molar-refractivity contribution is 0.0904. The number of aromatic nitrogens is 1. The number of amides is 1. The average molecular weight is 272 g/mol. The van der Waals surface area contributed by atoms with Crippen LogP contribution in [0, 0.1) is 17.8 Å². The van der Waals surface area contributed by atoms with Gasteiger partial charge in [0, 0.05) is 24.2 Å². The fourth-order valence-corrected chi connectivity index (χ4v) is 2.16. The second-order valence-electron chi connectivity index (χ2n) is 5.16. The quantitative estimate of drug-likeness (QED) is 0.821. The first kappa shape index (κ1) is 14.5. The monoisotopic (exact) mass is 272 g/mol. The molecule has 2 rings (SSSR count). The number of aliphatic hydroxyl groups excluding tert-OH is 1. The standard InChI is InChI=1S/C16H20N2O2/c1-12(14-6-4-7-14)18-16(20)15-9-8-13(11-17-15)5-2-3-10-19/h8-9,11-12,14,19H,3-4,6-7,10H2,1H3,(H,18,20). The zero-order valence-corrected chi connectivity index (χ0v) is 11.7. The summed E-state index contributed by atoms with van der Waals surface area (Å²) in [6.45, 7) is 2.11. The fraction of sp³-hybridized carbons (Fsp3) is 0.500. The minimum atomic E-state index is -0.126. The van der Waals surface area contributed by atoms with E-state index in [1.165, 1.54) is 19.3 Å². The van der Waals surface area contributed by atoms with E-state index in [-0.39, 0.29) is 18.6 Å². The van der Waals surface area contributed by atoms with E-state index in [0.717, 1.165) is 5.56 Å². The van der Waals surface area contributed by atoms with E-state index in [2.05, 4.69) is 29.1 Å². The molecule has 106 valence electrons. The van der Waals surface area contributed by atoms with E-state index in [9.17, 15) is 4.79 Å². The normalized spacial score (nSPS) is 15.7. The van der Waals surface area contributed by atoms with Gasteiger partial charge in [0.2, 0.25) is 0 Å². The second-order valence-corrected chi connectivity index (χ2v) is 5.16. The van der Waals surface area contributed by atoms with Crippen LogP contribution in [0.5, 0.6) is 0 Å². The highest BCUT2D eigenvalue weighted by Crippen LogP contribution is 2.29. The van der Waals surface area contributed by atoms with Crippen LogP contribution in [0.25, 0.3) is 0 Å². The Morgan fingerprint density at radius 3 is 2.90 bits per heavy atom. The summed E-state index contributed by atoms with van der Waals surface area (Å²) in [5, 5.41) is 11.6. The van der Waals surface area contributed by atoms with Crippen molar-refractivity contribution in [3.63, 3.8) is 0 Å². The zero-order chi connectivity index (χ0) is 14.4. The minimum Gasteiger partial charge on any atom is -0.395 e. The molecule has 4 nitrogen and oxygen atoms in total. The highest BCUT2D eigenvalue weighted by atomic mass is 16.2. The van der Waals surface area contributed by atoms with E-state index >= 15 is 0 Å². The van der Waals surface area contributed by atoms with Crippen molar-refractivity contribution in [3.8, 4) is 11.8 Å². The Balaban J connectivity index is 1.92. The van der Waals surface area contributed by atoms with Crippen LogP contribution < -0.4 is 5.32 Å². The van der Waals surface area contributed by atoms with Gasteiger partial charge in [0.25, 0.3) is 5.91 Å². The Morgan fingerprint density at radius 2 is 2.35 bits per heavy atom. The number of rotatable bonds is 4. The van der Waals surface area contributed by atoms with Crippen LogP contribution in [0.4, 0.5) is 0 Å². The molecule has 0 saturated heterocycles. The van der Waals surface area contributed by atoms with Gasteiger partial charge < -0.3 is 10.4 Å².